The van der Waals surface area contributed by atoms with Crippen molar-refractivity contribution in [3.8, 4) is 5.75 Å². The number of rotatable bonds is 4. The molecule has 0 aliphatic carbocycles. The van der Waals surface area contributed by atoms with E-state index < -0.39 is 0 Å². The van der Waals surface area contributed by atoms with Crippen molar-refractivity contribution in [3.63, 3.8) is 0 Å². The fourth-order valence-corrected chi connectivity index (χ4v) is 3.00. The molecule has 1 aliphatic rings. The molecule has 1 heterocycles. The number of nitrogens with one attached hydrogen (secondary N) is 1. The molecule has 1 aromatic carbocycles. The van der Waals surface area contributed by atoms with Crippen LogP contribution in [-0.4, -0.2) is 35.4 Å². The van der Waals surface area contributed by atoms with Crippen molar-refractivity contribution in [2.24, 2.45) is 0 Å². The van der Waals surface area contributed by atoms with E-state index in [1.807, 2.05) is 4.90 Å². The molecule has 0 saturated carbocycles. The molecule has 0 spiro atoms. The summed E-state index contributed by atoms with van der Waals surface area (Å²) in [5.41, 5.74) is 0.664. The van der Waals surface area contributed by atoms with Crippen LogP contribution in [0.3, 0.4) is 0 Å². The number of amides is 2. The van der Waals surface area contributed by atoms with Crippen LogP contribution in [0.1, 0.15) is 40.0 Å². The zero-order valence-electron chi connectivity index (χ0n) is 13.5. The van der Waals surface area contributed by atoms with Crippen molar-refractivity contribution in [3.05, 3.63) is 24.3 Å². The number of benzene rings is 1. The van der Waals surface area contributed by atoms with E-state index in [0.717, 1.165) is 12.8 Å². The van der Waals surface area contributed by atoms with Gasteiger partial charge in [0.15, 0.2) is 6.61 Å². The minimum atomic E-state index is -0.135. The highest BCUT2D eigenvalue weighted by Gasteiger charge is 2.28. The molecule has 2 amide bonds. The van der Waals surface area contributed by atoms with Gasteiger partial charge in [-0.2, -0.15) is 0 Å². The minimum absolute atomic E-state index is 0.0182. The lowest BCUT2D eigenvalue weighted by atomic mass is 9.97. The normalized spacial score (nSPS) is 21.3. The molecule has 22 heavy (non-hydrogen) atoms. The van der Waals surface area contributed by atoms with Gasteiger partial charge in [0.05, 0.1) is 0 Å². The average Bonchev–Trinajstić information content (AvgIpc) is 2.44. The number of hydrogen-bond acceptors (Lipinski definition) is 3. The smallest absolute Gasteiger partial charge is 0.260 e. The molecule has 2 rings (SSSR count). The first-order chi connectivity index (χ1) is 10.5. The molecule has 2 atom stereocenters. The molecule has 120 valence electrons. The molecule has 0 bridgehead atoms. The summed E-state index contributed by atoms with van der Waals surface area (Å²) in [5.74, 6) is 0.464. The van der Waals surface area contributed by atoms with Crippen molar-refractivity contribution >= 4 is 17.5 Å². The summed E-state index contributed by atoms with van der Waals surface area (Å²) in [5, 5.41) is 2.70. The number of piperidine rings is 1. The number of anilines is 1. The molecule has 5 nitrogen and oxygen atoms in total. The Bertz CT molecular complexity index is 534. The minimum Gasteiger partial charge on any atom is -0.484 e. The SMILES string of the molecule is CC(=O)Nc1cccc(OCC(=O)N2[C@H](C)CCC[C@@H]2C)c1. The third kappa shape index (κ3) is 4.23. The standard InChI is InChI=1S/C17H24N2O3/c1-12-6-4-7-13(2)19(12)17(21)11-22-16-9-5-8-15(10-16)18-14(3)20/h5,8-10,12-13H,4,6-7,11H2,1-3H3,(H,18,20)/t12-,13+. The Labute approximate surface area is 131 Å². The van der Waals surface area contributed by atoms with Crippen LogP contribution in [-0.2, 0) is 9.59 Å². The van der Waals surface area contributed by atoms with Gasteiger partial charge in [-0.05, 0) is 45.2 Å². The molecular weight excluding hydrogens is 280 g/mol. The van der Waals surface area contributed by atoms with Crippen LogP contribution in [0.4, 0.5) is 5.69 Å². The molecule has 1 aliphatic heterocycles. The third-order valence-electron chi connectivity index (χ3n) is 4.00. The fraction of sp³-hybridized carbons (Fsp3) is 0.529. The van der Waals surface area contributed by atoms with E-state index in [2.05, 4.69) is 19.2 Å². The lowest BCUT2D eigenvalue weighted by Crippen LogP contribution is -2.49. The van der Waals surface area contributed by atoms with E-state index in [9.17, 15) is 9.59 Å². The van der Waals surface area contributed by atoms with Crippen molar-refractivity contribution < 1.29 is 14.3 Å². The Kier molecular flexibility index (Phi) is 5.41. The summed E-state index contributed by atoms with van der Waals surface area (Å²) in [6.07, 6.45) is 3.27. The maximum atomic E-state index is 12.4. The molecule has 1 fully saturated rings. The topological polar surface area (TPSA) is 58.6 Å². The van der Waals surface area contributed by atoms with Crippen LogP contribution in [0.5, 0.6) is 5.75 Å². The monoisotopic (exact) mass is 304 g/mol. The zero-order chi connectivity index (χ0) is 16.1. The predicted molar refractivity (Wildman–Crippen MR) is 85.9 cm³/mol. The lowest BCUT2D eigenvalue weighted by molar-refractivity contribution is -0.139. The van der Waals surface area contributed by atoms with E-state index in [4.69, 9.17) is 4.74 Å². The van der Waals surface area contributed by atoms with Crippen molar-refractivity contribution in [1.29, 1.82) is 0 Å². The highest BCUT2D eigenvalue weighted by atomic mass is 16.5. The largest absolute Gasteiger partial charge is 0.484 e. The summed E-state index contributed by atoms with van der Waals surface area (Å²) >= 11 is 0. The number of carbonyl (C=O) groups excluding carboxylic acids is 2. The van der Waals surface area contributed by atoms with Crippen LogP contribution in [0.2, 0.25) is 0 Å². The van der Waals surface area contributed by atoms with Crippen LogP contribution >= 0.6 is 0 Å². The van der Waals surface area contributed by atoms with Crippen LogP contribution < -0.4 is 10.1 Å². The first-order valence-electron chi connectivity index (χ1n) is 7.79. The van der Waals surface area contributed by atoms with E-state index >= 15 is 0 Å². The van der Waals surface area contributed by atoms with Gasteiger partial charge in [0, 0.05) is 30.8 Å². The molecule has 5 heteroatoms. The van der Waals surface area contributed by atoms with Gasteiger partial charge in [0.1, 0.15) is 5.75 Å². The second-order valence-electron chi connectivity index (χ2n) is 5.93. The molecular formula is C17H24N2O3. The molecule has 1 saturated heterocycles. The summed E-state index contributed by atoms with van der Waals surface area (Å²) < 4.78 is 5.60. The highest BCUT2D eigenvalue weighted by molar-refractivity contribution is 5.88. The summed E-state index contributed by atoms with van der Waals surface area (Å²) in [6.45, 7) is 5.66. The van der Waals surface area contributed by atoms with Gasteiger partial charge in [0.2, 0.25) is 5.91 Å². The summed E-state index contributed by atoms with van der Waals surface area (Å²) in [7, 11) is 0. The van der Waals surface area contributed by atoms with Crippen molar-refractivity contribution in [2.75, 3.05) is 11.9 Å². The van der Waals surface area contributed by atoms with E-state index in [-0.39, 0.29) is 30.5 Å². The zero-order valence-corrected chi connectivity index (χ0v) is 13.5. The molecule has 0 unspecified atom stereocenters. The fourth-order valence-electron chi connectivity index (χ4n) is 3.00. The summed E-state index contributed by atoms with van der Waals surface area (Å²) in [6, 6.07) is 7.61. The summed E-state index contributed by atoms with van der Waals surface area (Å²) in [4.78, 5) is 25.4. The number of likely N-dealkylation sites (tertiary alicyclic amines) is 1. The molecule has 0 aromatic heterocycles. The third-order valence-corrected chi connectivity index (χ3v) is 4.00. The molecule has 1 aromatic rings. The van der Waals surface area contributed by atoms with Crippen molar-refractivity contribution in [2.45, 2.75) is 52.1 Å². The van der Waals surface area contributed by atoms with E-state index in [1.165, 1.54) is 13.3 Å². The Balaban J connectivity index is 1.94. The van der Waals surface area contributed by atoms with Crippen molar-refractivity contribution in [1.82, 2.24) is 4.90 Å². The van der Waals surface area contributed by atoms with E-state index in [1.54, 1.807) is 24.3 Å². The Morgan fingerprint density at radius 3 is 2.59 bits per heavy atom. The maximum absolute atomic E-state index is 12.4. The Hall–Kier alpha value is -2.04. The van der Waals surface area contributed by atoms with Crippen LogP contribution in [0.15, 0.2) is 24.3 Å². The van der Waals surface area contributed by atoms with E-state index in [0.29, 0.717) is 11.4 Å². The maximum Gasteiger partial charge on any atom is 0.260 e. The second-order valence-corrected chi connectivity index (χ2v) is 5.93. The number of carbonyl (C=O) groups is 2. The van der Waals surface area contributed by atoms with Crippen LogP contribution in [0, 0.1) is 0 Å². The quantitative estimate of drug-likeness (QED) is 0.930. The first kappa shape index (κ1) is 16.3. The highest BCUT2D eigenvalue weighted by Crippen LogP contribution is 2.23. The van der Waals surface area contributed by atoms with Gasteiger partial charge in [0.25, 0.3) is 5.91 Å². The lowest BCUT2D eigenvalue weighted by Gasteiger charge is -2.38. The van der Waals surface area contributed by atoms with Gasteiger partial charge in [-0.15, -0.1) is 0 Å². The van der Waals surface area contributed by atoms with Gasteiger partial charge < -0.3 is 15.0 Å². The van der Waals surface area contributed by atoms with Gasteiger partial charge in [-0.1, -0.05) is 6.07 Å². The van der Waals surface area contributed by atoms with Gasteiger partial charge in [-0.3, -0.25) is 9.59 Å². The molecule has 0 radical (unpaired) electrons. The number of nitrogens with zero attached hydrogens (tertiary/aromatic N) is 1. The van der Waals surface area contributed by atoms with Crippen LogP contribution in [0.25, 0.3) is 0 Å². The first-order valence-corrected chi connectivity index (χ1v) is 7.79. The number of hydrogen-bond donors (Lipinski definition) is 1. The van der Waals surface area contributed by atoms with Gasteiger partial charge >= 0.3 is 0 Å². The average molecular weight is 304 g/mol. The Morgan fingerprint density at radius 2 is 1.95 bits per heavy atom. The second kappa shape index (κ2) is 7.29. The molecule has 1 N–H and O–H groups in total. The van der Waals surface area contributed by atoms with Gasteiger partial charge in [-0.25, -0.2) is 0 Å². The Morgan fingerprint density at radius 1 is 1.27 bits per heavy atom. The number of ether oxygens (including phenoxy) is 1. The predicted octanol–water partition coefficient (Wildman–Crippen LogP) is 2.81.